The van der Waals surface area contributed by atoms with Crippen LogP contribution >= 0.6 is 37.2 Å². The van der Waals surface area contributed by atoms with Crippen molar-refractivity contribution in [2.75, 3.05) is 20.2 Å². The first kappa shape index (κ1) is 24.3. The molecule has 2 N–H and O–H groups in total. The SMILES string of the molecule is CC[C@H]1CN2CC[C@H]1C[C@H]2[C@H](N)c1ccnc2ccc(OC)cc12.Cl.Cl.Cl. The van der Waals surface area contributed by atoms with Crippen molar-refractivity contribution in [2.24, 2.45) is 17.6 Å². The number of benzene rings is 1. The van der Waals surface area contributed by atoms with Gasteiger partial charge in [-0.3, -0.25) is 9.88 Å². The van der Waals surface area contributed by atoms with Crippen molar-refractivity contribution in [3.05, 3.63) is 36.0 Å². The van der Waals surface area contributed by atoms with Gasteiger partial charge in [0.05, 0.1) is 12.6 Å². The molecule has 3 fully saturated rings. The molecule has 0 amide bonds. The summed E-state index contributed by atoms with van der Waals surface area (Å²) < 4.78 is 5.40. The van der Waals surface area contributed by atoms with Crippen LogP contribution in [0, 0.1) is 11.8 Å². The highest BCUT2D eigenvalue weighted by molar-refractivity contribution is 5.86. The molecule has 3 saturated heterocycles. The van der Waals surface area contributed by atoms with E-state index in [0.29, 0.717) is 6.04 Å². The molecule has 7 heteroatoms. The number of methoxy groups -OCH3 is 1. The summed E-state index contributed by atoms with van der Waals surface area (Å²) in [6, 6.07) is 8.62. The third-order valence-corrected chi connectivity index (χ3v) is 6.22. The smallest absolute Gasteiger partial charge is 0.119 e. The zero-order chi connectivity index (χ0) is 16.7. The van der Waals surface area contributed by atoms with Gasteiger partial charge < -0.3 is 10.5 Å². The number of hydrogen-bond acceptors (Lipinski definition) is 4. The van der Waals surface area contributed by atoms with Gasteiger partial charge in [-0.1, -0.05) is 13.3 Å². The van der Waals surface area contributed by atoms with Crippen LogP contribution in [-0.2, 0) is 0 Å². The molecule has 152 valence electrons. The second-order valence-electron chi connectivity index (χ2n) is 7.32. The predicted octanol–water partition coefficient (Wildman–Crippen LogP) is 4.63. The average Bonchev–Trinajstić information content (AvgIpc) is 2.66. The monoisotopic (exact) mass is 433 g/mol. The molecule has 2 aromatic rings. The highest BCUT2D eigenvalue weighted by Gasteiger charge is 2.41. The summed E-state index contributed by atoms with van der Waals surface area (Å²) in [6.07, 6.45) is 5.74. The van der Waals surface area contributed by atoms with E-state index in [1.165, 1.54) is 37.9 Å². The summed E-state index contributed by atoms with van der Waals surface area (Å²) in [7, 11) is 1.70. The van der Waals surface area contributed by atoms with E-state index in [4.69, 9.17) is 10.5 Å². The summed E-state index contributed by atoms with van der Waals surface area (Å²) in [5.41, 5.74) is 8.98. The normalized spacial score (nSPS) is 27.1. The number of nitrogens with zero attached hydrogens (tertiary/aromatic N) is 2. The minimum atomic E-state index is 0. The molecule has 0 saturated carbocycles. The van der Waals surface area contributed by atoms with Crippen molar-refractivity contribution in [1.82, 2.24) is 9.88 Å². The molecule has 4 nitrogen and oxygen atoms in total. The van der Waals surface area contributed by atoms with Gasteiger partial charge in [0.25, 0.3) is 0 Å². The van der Waals surface area contributed by atoms with Crippen molar-refractivity contribution in [1.29, 1.82) is 0 Å². The third kappa shape index (κ3) is 4.46. The Morgan fingerprint density at radius 2 is 2.04 bits per heavy atom. The lowest BCUT2D eigenvalue weighted by Crippen LogP contribution is -2.56. The first-order valence-electron chi connectivity index (χ1n) is 9.13. The predicted molar refractivity (Wildman–Crippen MR) is 119 cm³/mol. The molecular weight excluding hydrogens is 405 g/mol. The van der Waals surface area contributed by atoms with Crippen LogP contribution in [0.5, 0.6) is 5.75 Å². The number of halogens is 3. The Morgan fingerprint density at radius 1 is 1.26 bits per heavy atom. The average molecular weight is 435 g/mol. The number of ether oxygens (including phenoxy) is 1. The van der Waals surface area contributed by atoms with Gasteiger partial charge in [-0.2, -0.15) is 0 Å². The highest BCUT2D eigenvalue weighted by Crippen LogP contribution is 2.42. The molecule has 1 aromatic carbocycles. The van der Waals surface area contributed by atoms with E-state index in [-0.39, 0.29) is 43.3 Å². The molecule has 3 aliphatic rings. The lowest BCUT2D eigenvalue weighted by Gasteiger charge is -2.51. The van der Waals surface area contributed by atoms with Crippen LogP contribution in [0.25, 0.3) is 10.9 Å². The Bertz CT molecular complexity index is 745. The maximum Gasteiger partial charge on any atom is 0.119 e. The number of rotatable bonds is 4. The maximum absolute atomic E-state index is 6.79. The standard InChI is InChI=1S/C20H27N3O.3ClH/c1-3-13-12-23-9-7-14(13)10-19(23)20(21)16-6-8-22-18-5-4-15(24-2)11-17(16)18;;;/h4-6,8,11,13-14,19-20H,3,7,9-10,12,21H2,1-2H3;3*1H/t13-,14-,19-,20+;;;/m0.../s1. The number of aromatic nitrogens is 1. The van der Waals surface area contributed by atoms with Crippen LogP contribution in [0.1, 0.15) is 37.8 Å². The topological polar surface area (TPSA) is 51.4 Å². The van der Waals surface area contributed by atoms with Crippen LogP contribution < -0.4 is 10.5 Å². The molecule has 3 aliphatic heterocycles. The van der Waals surface area contributed by atoms with Gasteiger partial charge in [-0.15, -0.1) is 37.2 Å². The lowest BCUT2D eigenvalue weighted by atomic mass is 9.72. The Kier molecular flexibility index (Phi) is 9.10. The summed E-state index contributed by atoms with van der Waals surface area (Å²) in [4.78, 5) is 7.12. The van der Waals surface area contributed by atoms with E-state index in [1.54, 1.807) is 7.11 Å². The summed E-state index contributed by atoms with van der Waals surface area (Å²) >= 11 is 0. The number of pyridine rings is 1. The quantitative estimate of drug-likeness (QED) is 0.762. The van der Waals surface area contributed by atoms with Crippen LogP contribution in [-0.4, -0.2) is 36.1 Å². The van der Waals surface area contributed by atoms with Gasteiger partial charge in [0.15, 0.2) is 0 Å². The summed E-state index contributed by atoms with van der Waals surface area (Å²) in [5.74, 6) is 2.57. The van der Waals surface area contributed by atoms with Crippen LogP contribution in [0.3, 0.4) is 0 Å². The van der Waals surface area contributed by atoms with Gasteiger partial charge in [-0.05, 0) is 61.1 Å². The lowest BCUT2D eigenvalue weighted by molar-refractivity contribution is -0.0105. The van der Waals surface area contributed by atoms with Gasteiger partial charge in [0.1, 0.15) is 5.75 Å². The van der Waals surface area contributed by atoms with Crippen molar-refractivity contribution >= 4 is 48.1 Å². The van der Waals surface area contributed by atoms with E-state index < -0.39 is 0 Å². The van der Waals surface area contributed by atoms with Crippen LogP contribution in [0.2, 0.25) is 0 Å². The van der Waals surface area contributed by atoms with E-state index in [9.17, 15) is 0 Å². The van der Waals surface area contributed by atoms with Gasteiger partial charge in [0, 0.05) is 30.2 Å². The van der Waals surface area contributed by atoms with Crippen molar-refractivity contribution < 1.29 is 4.74 Å². The molecule has 5 rings (SSSR count). The Labute approximate surface area is 180 Å². The minimum Gasteiger partial charge on any atom is -0.497 e. The highest BCUT2D eigenvalue weighted by atomic mass is 35.5. The molecule has 2 bridgehead atoms. The first-order valence-corrected chi connectivity index (χ1v) is 9.13. The fraction of sp³-hybridized carbons (Fsp3) is 0.550. The molecule has 0 radical (unpaired) electrons. The van der Waals surface area contributed by atoms with Crippen molar-refractivity contribution in [3.8, 4) is 5.75 Å². The fourth-order valence-corrected chi connectivity index (χ4v) is 4.79. The number of hydrogen-bond donors (Lipinski definition) is 1. The van der Waals surface area contributed by atoms with Gasteiger partial charge in [0.2, 0.25) is 0 Å². The minimum absolute atomic E-state index is 0. The maximum atomic E-state index is 6.79. The molecule has 1 unspecified atom stereocenters. The summed E-state index contributed by atoms with van der Waals surface area (Å²) in [6.45, 7) is 4.74. The zero-order valence-electron chi connectivity index (χ0n) is 15.8. The molecule has 0 spiro atoms. The molecule has 27 heavy (non-hydrogen) atoms. The van der Waals surface area contributed by atoms with Crippen molar-refractivity contribution in [2.45, 2.75) is 38.3 Å². The molecule has 0 aliphatic carbocycles. The zero-order valence-corrected chi connectivity index (χ0v) is 18.3. The number of nitrogens with two attached hydrogens (primary N) is 1. The van der Waals surface area contributed by atoms with E-state index in [2.05, 4.69) is 28.9 Å². The number of fused-ring (bicyclic) bond motifs is 4. The third-order valence-electron chi connectivity index (χ3n) is 6.22. The summed E-state index contributed by atoms with van der Waals surface area (Å²) in [5, 5.41) is 1.12. The van der Waals surface area contributed by atoms with Crippen LogP contribution in [0.4, 0.5) is 0 Å². The van der Waals surface area contributed by atoms with E-state index >= 15 is 0 Å². The van der Waals surface area contributed by atoms with Crippen LogP contribution in [0.15, 0.2) is 30.5 Å². The molecule has 5 atom stereocenters. The van der Waals surface area contributed by atoms with Gasteiger partial charge >= 0.3 is 0 Å². The second-order valence-corrected chi connectivity index (χ2v) is 7.32. The largest absolute Gasteiger partial charge is 0.497 e. The van der Waals surface area contributed by atoms with E-state index in [0.717, 1.165) is 28.5 Å². The second kappa shape index (κ2) is 10.1. The fourth-order valence-electron chi connectivity index (χ4n) is 4.79. The molecule has 4 heterocycles. The van der Waals surface area contributed by atoms with E-state index in [1.807, 2.05) is 18.3 Å². The van der Waals surface area contributed by atoms with Gasteiger partial charge in [-0.25, -0.2) is 0 Å². The first-order chi connectivity index (χ1) is 11.7. The Balaban J connectivity index is 0.00000121. The molecular formula is C20H30Cl3N3O. The number of piperidine rings is 3. The Morgan fingerprint density at radius 3 is 2.67 bits per heavy atom. The van der Waals surface area contributed by atoms with Crippen molar-refractivity contribution in [3.63, 3.8) is 0 Å². The molecule has 1 aromatic heterocycles. The Hall–Kier alpha value is -0.780.